The van der Waals surface area contributed by atoms with E-state index in [4.69, 9.17) is 0 Å². The first kappa shape index (κ1) is 14.4. The van der Waals surface area contributed by atoms with Crippen LogP contribution in [0.3, 0.4) is 0 Å². The molecule has 2 N–H and O–H groups in total. The summed E-state index contributed by atoms with van der Waals surface area (Å²) < 4.78 is 0. The Morgan fingerprint density at radius 3 is 2.95 bits per heavy atom. The van der Waals surface area contributed by atoms with E-state index < -0.39 is 12.0 Å². The van der Waals surface area contributed by atoms with Gasteiger partial charge >= 0.3 is 12.0 Å². The smallest absolute Gasteiger partial charge is 0.326 e. The number of carbonyl (C=O) groups is 2. The van der Waals surface area contributed by atoms with Gasteiger partial charge in [0.2, 0.25) is 0 Å². The molecule has 20 heavy (non-hydrogen) atoms. The van der Waals surface area contributed by atoms with Gasteiger partial charge in [-0.25, -0.2) is 14.6 Å². The molecule has 0 saturated heterocycles. The first-order chi connectivity index (χ1) is 9.45. The third kappa shape index (κ3) is 2.48. The van der Waals surface area contributed by atoms with E-state index in [1.807, 2.05) is 13.8 Å². The summed E-state index contributed by atoms with van der Waals surface area (Å²) in [5.41, 5.74) is 1.54. The van der Waals surface area contributed by atoms with Gasteiger partial charge in [0.25, 0.3) is 0 Å². The van der Waals surface area contributed by atoms with E-state index >= 15 is 0 Å². The molecule has 7 heteroatoms. The fraction of sp³-hybridized carbons (Fsp3) is 0.615. The van der Waals surface area contributed by atoms with Crippen LogP contribution in [0, 0.1) is 0 Å². The summed E-state index contributed by atoms with van der Waals surface area (Å²) in [6.07, 6.45) is 2.60. The van der Waals surface area contributed by atoms with Crippen LogP contribution in [0.5, 0.6) is 0 Å². The van der Waals surface area contributed by atoms with E-state index in [0.29, 0.717) is 0 Å². The Morgan fingerprint density at radius 2 is 2.35 bits per heavy atom. The van der Waals surface area contributed by atoms with Crippen molar-refractivity contribution in [3.05, 3.63) is 17.7 Å². The first-order valence-electron chi connectivity index (χ1n) is 6.73. The predicted octanol–water partition coefficient (Wildman–Crippen LogP) is 1.07. The molecule has 0 aromatic carbocycles. The third-order valence-electron chi connectivity index (χ3n) is 3.98. The number of carboxylic acids is 1. The lowest BCUT2D eigenvalue weighted by molar-refractivity contribution is -0.143. The van der Waals surface area contributed by atoms with Crippen molar-refractivity contribution >= 4 is 12.0 Å². The number of imidazole rings is 1. The Bertz CT molecular complexity index is 513. The largest absolute Gasteiger partial charge is 0.480 e. The summed E-state index contributed by atoms with van der Waals surface area (Å²) in [6, 6.07) is -1.04. The summed E-state index contributed by atoms with van der Waals surface area (Å²) in [6.45, 7) is 4.19. The zero-order chi connectivity index (χ0) is 14.9. The number of H-pyrrole nitrogens is 1. The number of carboxylic acid groups (broad SMARTS) is 1. The van der Waals surface area contributed by atoms with Gasteiger partial charge in [-0.2, -0.15) is 0 Å². The fourth-order valence-electron chi connectivity index (χ4n) is 2.32. The summed E-state index contributed by atoms with van der Waals surface area (Å²) in [4.78, 5) is 34.0. The number of aliphatic carboxylic acids is 1. The minimum absolute atomic E-state index is 0.0695. The molecule has 2 unspecified atom stereocenters. The van der Waals surface area contributed by atoms with E-state index in [1.54, 1.807) is 11.9 Å². The van der Waals surface area contributed by atoms with E-state index in [2.05, 4.69) is 9.97 Å². The summed E-state index contributed by atoms with van der Waals surface area (Å²) in [7, 11) is 1.71. The van der Waals surface area contributed by atoms with Crippen molar-refractivity contribution in [1.82, 2.24) is 19.8 Å². The van der Waals surface area contributed by atoms with Crippen LogP contribution in [-0.2, 0) is 17.8 Å². The normalized spacial score (nSPS) is 19.4. The molecular weight excluding hydrogens is 260 g/mol. The van der Waals surface area contributed by atoms with Gasteiger partial charge in [0.1, 0.15) is 6.04 Å². The van der Waals surface area contributed by atoms with Crippen molar-refractivity contribution in [1.29, 1.82) is 0 Å². The van der Waals surface area contributed by atoms with Gasteiger partial charge in [0.05, 0.1) is 24.3 Å². The number of rotatable bonds is 3. The molecule has 0 spiro atoms. The molecule has 2 heterocycles. The highest BCUT2D eigenvalue weighted by Gasteiger charge is 2.37. The second kappa shape index (κ2) is 5.52. The molecule has 0 bridgehead atoms. The molecule has 2 amide bonds. The number of urea groups is 1. The van der Waals surface area contributed by atoms with E-state index in [1.165, 1.54) is 11.2 Å². The summed E-state index contributed by atoms with van der Waals surface area (Å²) in [5.74, 6) is -0.996. The van der Waals surface area contributed by atoms with Gasteiger partial charge in [-0.3, -0.25) is 0 Å². The zero-order valence-electron chi connectivity index (χ0n) is 12.0. The Labute approximate surface area is 117 Å². The number of nitrogens with one attached hydrogen (secondary N) is 1. The average molecular weight is 280 g/mol. The minimum atomic E-state index is -0.996. The maximum absolute atomic E-state index is 12.5. The van der Waals surface area contributed by atoms with Crippen LogP contribution in [0.1, 0.15) is 31.7 Å². The summed E-state index contributed by atoms with van der Waals surface area (Å²) >= 11 is 0. The molecular formula is C13H20N4O3. The second-order valence-electron chi connectivity index (χ2n) is 5.16. The van der Waals surface area contributed by atoms with E-state index in [9.17, 15) is 14.7 Å². The van der Waals surface area contributed by atoms with Crippen LogP contribution in [0.2, 0.25) is 0 Å². The Morgan fingerprint density at radius 1 is 1.65 bits per heavy atom. The fourth-order valence-corrected chi connectivity index (χ4v) is 2.32. The minimum Gasteiger partial charge on any atom is -0.480 e. The highest BCUT2D eigenvalue weighted by atomic mass is 16.4. The topological polar surface area (TPSA) is 89.5 Å². The second-order valence-corrected chi connectivity index (χ2v) is 5.16. The monoisotopic (exact) mass is 280 g/mol. The Hall–Kier alpha value is -2.05. The van der Waals surface area contributed by atoms with Crippen LogP contribution in [0.4, 0.5) is 4.79 Å². The Kier molecular flexibility index (Phi) is 3.96. The van der Waals surface area contributed by atoms with Crippen LogP contribution in [-0.4, -0.2) is 56.0 Å². The van der Waals surface area contributed by atoms with Crippen LogP contribution >= 0.6 is 0 Å². The lowest BCUT2D eigenvalue weighted by atomic mass is 10.0. The average Bonchev–Trinajstić information content (AvgIpc) is 2.90. The predicted molar refractivity (Wildman–Crippen MR) is 72.2 cm³/mol. The number of fused-ring (bicyclic) bond motifs is 1. The zero-order valence-corrected chi connectivity index (χ0v) is 12.0. The molecule has 1 aliphatic heterocycles. The molecule has 2 rings (SSSR count). The van der Waals surface area contributed by atoms with Crippen molar-refractivity contribution in [3.8, 4) is 0 Å². The van der Waals surface area contributed by atoms with Crippen molar-refractivity contribution in [2.24, 2.45) is 0 Å². The number of hydrogen-bond acceptors (Lipinski definition) is 3. The maximum atomic E-state index is 12.5. The number of hydrogen-bond donors (Lipinski definition) is 2. The van der Waals surface area contributed by atoms with Crippen LogP contribution in [0.15, 0.2) is 6.33 Å². The van der Waals surface area contributed by atoms with E-state index in [-0.39, 0.29) is 25.0 Å². The van der Waals surface area contributed by atoms with E-state index in [0.717, 1.165) is 17.8 Å². The van der Waals surface area contributed by atoms with Gasteiger partial charge in [0.15, 0.2) is 0 Å². The highest BCUT2D eigenvalue weighted by molar-refractivity contribution is 5.83. The van der Waals surface area contributed by atoms with Crippen LogP contribution in [0.25, 0.3) is 0 Å². The van der Waals surface area contributed by atoms with Gasteiger partial charge in [-0.05, 0) is 13.3 Å². The number of aromatic nitrogens is 2. The molecule has 2 atom stereocenters. The van der Waals surface area contributed by atoms with Gasteiger partial charge in [-0.1, -0.05) is 6.92 Å². The first-order valence-corrected chi connectivity index (χ1v) is 6.73. The number of carbonyl (C=O) groups excluding carboxylic acids is 1. The molecule has 0 aliphatic carbocycles. The third-order valence-corrected chi connectivity index (χ3v) is 3.98. The van der Waals surface area contributed by atoms with Crippen molar-refractivity contribution in [2.45, 2.75) is 45.3 Å². The molecule has 110 valence electrons. The van der Waals surface area contributed by atoms with Gasteiger partial charge in [-0.15, -0.1) is 0 Å². The van der Waals surface area contributed by atoms with Gasteiger partial charge < -0.3 is 19.9 Å². The highest BCUT2D eigenvalue weighted by Crippen LogP contribution is 2.22. The molecule has 0 radical (unpaired) electrons. The Balaban J connectivity index is 2.24. The lowest BCUT2D eigenvalue weighted by Gasteiger charge is -2.37. The SMILES string of the molecule is CCC(C)N(C)C(=O)N1Cc2[nH]cnc2CC1C(=O)O. The van der Waals surface area contributed by atoms with Gasteiger partial charge in [0, 0.05) is 19.5 Å². The molecule has 1 aromatic rings. The summed E-state index contributed by atoms with van der Waals surface area (Å²) in [5, 5.41) is 9.35. The molecule has 7 nitrogen and oxygen atoms in total. The number of nitrogens with zero attached hydrogens (tertiary/aromatic N) is 3. The quantitative estimate of drug-likeness (QED) is 0.866. The lowest BCUT2D eigenvalue weighted by Crippen LogP contribution is -2.54. The maximum Gasteiger partial charge on any atom is 0.326 e. The molecule has 0 fully saturated rings. The number of aromatic amines is 1. The van der Waals surface area contributed by atoms with Crippen molar-refractivity contribution in [2.75, 3.05) is 7.05 Å². The number of amides is 2. The molecule has 1 aliphatic rings. The molecule has 0 saturated carbocycles. The standard InChI is InChI=1S/C13H20N4O3/c1-4-8(2)16(3)13(20)17-6-10-9(14-7-15-10)5-11(17)12(18)19/h7-8,11H,4-6H2,1-3H3,(H,14,15)(H,18,19). The molecule has 1 aromatic heterocycles. The van der Waals surface area contributed by atoms with Crippen LogP contribution < -0.4 is 0 Å². The van der Waals surface area contributed by atoms with Crippen molar-refractivity contribution < 1.29 is 14.7 Å². The van der Waals surface area contributed by atoms with Crippen molar-refractivity contribution in [3.63, 3.8) is 0 Å².